The van der Waals surface area contributed by atoms with Gasteiger partial charge in [-0.15, -0.1) is 0 Å². The summed E-state index contributed by atoms with van der Waals surface area (Å²) < 4.78 is 0. The molecule has 4 heteroatoms. The molecule has 0 aliphatic rings. The van der Waals surface area contributed by atoms with Gasteiger partial charge in [0.15, 0.2) is 5.78 Å². The quantitative estimate of drug-likeness (QED) is 0.293. The second kappa shape index (κ2) is 11.8. The maximum Gasteiger partial charge on any atom is 0.187 e. The number of carbonyl (C=O) groups excluding carboxylic acids is 1. The summed E-state index contributed by atoms with van der Waals surface area (Å²) in [5.74, 6) is 0.0149. The van der Waals surface area contributed by atoms with Crippen LogP contribution in [0.15, 0.2) is 72.8 Å². The second-order valence-corrected chi connectivity index (χ2v) is 9.45. The van der Waals surface area contributed by atoms with Crippen LogP contribution in [0.2, 0.25) is 0 Å². The van der Waals surface area contributed by atoms with Crippen molar-refractivity contribution >= 4 is 17.5 Å². The van der Waals surface area contributed by atoms with Crippen molar-refractivity contribution < 1.29 is 4.79 Å². The molecule has 0 unspecified atom stereocenters. The largest absolute Gasteiger partial charge is 0.373 e. The number of rotatable bonds is 10. The van der Waals surface area contributed by atoms with E-state index >= 15 is 0 Å². The average Bonchev–Trinajstić information content (AvgIpc) is 2.80. The minimum atomic E-state index is 0.0149. The van der Waals surface area contributed by atoms with Crippen LogP contribution in [0.1, 0.15) is 27.0 Å². The van der Waals surface area contributed by atoms with Gasteiger partial charge in [0.05, 0.1) is 0 Å². The monoisotopic (exact) mass is 455 g/mol. The predicted octanol–water partition coefficient (Wildman–Crippen LogP) is 5.62. The molecule has 0 aliphatic heterocycles. The van der Waals surface area contributed by atoms with Gasteiger partial charge in [0.25, 0.3) is 0 Å². The van der Waals surface area contributed by atoms with Crippen LogP contribution in [-0.4, -0.2) is 63.9 Å². The summed E-state index contributed by atoms with van der Waals surface area (Å²) in [5, 5.41) is 0. The molecule has 0 aromatic heterocycles. The Balaban J connectivity index is 1.93. The molecule has 0 amide bonds. The Morgan fingerprint density at radius 1 is 0.824 bits per heavy atom. The molecule has 0 saturated carbocycles. The number of carbonyl (C=O) groups is 1. The van der Waals surface area contributed by atoms with Gasteiger partial charge in [-0.05, 0) is 81.1 Å². The average molecular weight is 456 g/mol. The molecule has 0 N–H and O–H groups in total. The number of allylic oxidation sites excluding steroid dienone is 1. The Morgan fingerprint density at radius 3 is 2.29 bits per heavy atom. The first-order chi connectivity index (χ1) is 16.2. The first kappa shape index (κ1) is 25.4. The van der Waals surface area contributed by atoms with E-state index < -0.39 is 0 Å². The lowest BCUT2D eigenvalue weighted by Crippen LogP contribution is -2.29. The maximum atomic E-state index is 13.3. The molecule has 0 bridgehead atoms. The van der Waals surface area contributed by atoms with Crippen LogP contribution in [0.25, 0.3) is 17.2 Å². The minimum Gasteiger partial charge on any atom is -0.373 e. The lowest BCUT2D eigenvalue weighted by Gasteiger charge is -2.24. The Bertz CT molecular complexity index is 1150. The highest BCUT2D eigenvalue weighted by Crippen LogP contribution is 2.30. The van der Waals surface area contributed by atoms with Crippen molar-refractivity contribution in [2.24, 2.45) is 0 Å². The van der Waals surface area contributed by atoms with E-state index in [4.69, 9.17) is 0 Å². The molecule has 0 aliphatic carbocycles. The maximum absolute atomic E-state index is 13.3. The van der Waals surface area contributed by atoms with Gasteiger partial charge in [0.1, 0.15) is 0 Å². The van der Waals surface area contributed by atoms with Crippen LogP contribution in [-0.2, 0) is 6.54 Å². The van der Waals surface area contributed by atoms with Crippen LogP contribution in [0.5, 0.6) is 0 Å². The number of ketones is 1. The minimum absolute atomic E-state index is 0.0149. The number of aryl methyl sites for hydroxylation is 1. The van der Waals surface area contributed by atoms with E-state index in [1.807, 2.05) is 24.3 Å². The highest BCUT2D eigenvalue weighted by Gasteiger charge is 2.15. The van der Waals surface area contributed by atoms with Gasteiger partial charge >= 0.3 is 0 Å². The molecule has 3 rings (SSSR count). The summed E-state index contributed by atoms with van der Waals surface area (Å²) >= 11 is 0. The fourth-order valence-electron chi connectivity index (χ4n) is 4.01. The number of hydrogen-bond donors (Lipinski definition) is 0. The normalized spacial score (nSPS) is 11.5. The molecular formula is C30H37N3O. The van der Waals surface area contributed by atoms with E-state index in [-0.39, 0.29) is 5.78 Å². The molecule has 4 nitrogen and oxygen atoms in total. The van der Waals surface area contributed by atoms with E-state index in [2.05, 4.69) is 105 Å². The third kappa shape index (κ3) is 6.89. The Morgan fingerprint density at radius 2 is 1.59 bits per heavy atom. The lowest BCUT2D eigenvalue weighted by molar-refractivity contribution is 0.104. The first-order valence-corrected chi connectivity index (χ1v) is 11.8. The Kier molecular flexibility index (Phi) is 8.80. The van der Waals surface area contributed by atoms with Gasteiger partial charge in [-0.3, -0.25) is 4.79 Å². The molecule has 0 radical (unpaired) electrons. The third-order valence-corrected chi connectivity index (χ3v) is 5.89. The van der Waals surface area contributed by atoms with Crippen molar-refractivity contribution in [3.8, 4) is 11.1 Å². The van der Waals surface area contributed by atoms with Gasteiger partial charge in [-0.2, -0.15) is 0 Å². The van der Waals surface area contributed by atoms with Gasteiger partial charge in [0, 0.05) is 37.9 Å². The van der Waals surface area contributed by atoms with E-state index in [1.165, 1.54) is 16.7 Å². The second-order valence-electron chi connectivity index (χ2n) is 9.45. The molecule has 178 valence electrons. The smallest absolute Gasteiger partial charge is 0.187 e. The zero-order valence-electron chi connectivity index (χ0n) is 21.4. The fourth-order valence-corrected chi connectivity index (χ4v) is 4.01. The molecule has 3 aromatic rings. The molecule has 34 heavy (non-hydrogen) atoms. The first-order valence-electron chi connectivity index (χ1n) is 11.8. The lowest BCUT2D eigenvalue weighted by atomic mass is 9.96. The summed E-state index contributed by atoms with van der Waals surface area (Å²) in [6, 6.07) is 22.9. The van der Waals surface area contributed by atoms with E-state index in [1.54, 1.807) is 6.08 Å². The zero-order chi connectivity index (χ0) is 24.7. The standard InChI is InChI=1S/C30H37N3O/c1-23-10-7-8-13-27(23)26-15-16-28(29(21-26)33(6)19-18-31(2)3)30(34)17-14-24-11-9-12-25(20-24)22-32(4)5/h7-17,20-21H,18-19,22H2,1-6H3. The van der Waals surface area contributed by atoms with Gasteiger partial charge in [-0.25, -0.2) is 0 Å². The van der Waals surface area contributed by atoms with E-state index in [0.717, 1.165) is 42.0 Å². The summed E-state index contributed by atoms with van der Waals surface area (Å²) in [6.07, 6.45) is 3.61. The predicted molar refractivity (Wildman–Crippen MR) is 146 cm³/mol. The molecule has 0 spiro atoms. The van der Waals surface area contributed by atoms with Crippen LogP contribution in [0.3, 0.4) is 0 Å². The number of anilines is 1. The van der Waals surface area contributed by atoms with Crippen molar-refractivity contribution in [2.45, 2.75) is 13.5 Å². The van der Waals surface area contributed by atoms with Crippen molar-refractivity contribution in [3.05, 3.63) is 95.1 Å². The summed E-state index contributed by atoms with van der Waals surface area (Å²) in [6.45, 7) is 4.74. The van der Waals surface area contributed by atoms with Crippen molar-refractivity contribution in [1.29, 1.82) is 0 Å². The Hall–Kier alpha value is -3.21. The summed E-state index contributed by atoms with van der Waals surface area (Å²) in [5.41, 5.74) is 7.48. The van der Waals surface area contributed by atoms with Gasteiger partial charge in [-0.1, -0.05) is 60.7 Å². The van der Waals surface area contributed by atoms with Crippen molar-refractivity contribution in [3.63, 3.8) is 0 Å². The SMILES string of the molecule is Cc1ccccc1-c1ccc(C(=O)C=Cc2cccc(CN(C)C)c2)c(N(C)CCN(C)C)c1. The van der Waals surface area contributed by atoms with E-state index in [0.29, 0.717) is 0 Å². The summed E-state index contributed by atoms with van der Waals surface area (Å²) in [7, 11) is 10.3. The van der Waals surface area contributed by atoms with Crippen molar-refractivity contribution in [1.82, 2.24) is 9.80 Å². The number of nitrogens with zero attached hydrogens (tertiary/aromatic N) is 3. The zero-order valence-corrected chi connectivity index (χ0v) is 21.4. The molecule has 0 heterocycles. The third-order valence-electron chi connectivity index (χ3n) is 5.89. The number of likely N-dealkylation sites (N-methyl/N-ethyl adjacent to an activating group) is 2. The van der Waals surface area contributed by atoms with Crippen LogP contribution >= 0.6 is 0 Å². The van der Waals surface area contributed by atoms with Gasteiger partial charge < -0.3 is 14.7 Å². The fraction of sp³-hybridized carbons (Fsp3) is 0.300. The highest BCUT2D eigenvalue weighted by molar-refractivity contribution is 6.11. The van der Waals surface area contributed by atoms with Crippen LogP contribution in [0.4, 0.5) is 5.69 Å². The van der Waals surface area contributed by atoms with E-state index in [9.17, 15) is 4.79 Å². The molecule has 0 fully saturated rings. The number of benzene rings is 3. The topological polar surface area (TPSA) is 26.8 Å². The molecule has 3 aromatic carbocycles. The summed E-state index contributed by atoms with van der Waals surface area (Å²) in [4.78, 5) is 19.8. The van der Waals surface area contributed by atoms with Crippen LogP contribution in [0, 0.1) is 6.92 Å². The van der Waals surface area contributed by atoms with Crippen LogP contribution < -0.4 is 4.90 Å². The highest BCUT2D eigenvalue weighted by atomic mass is 16.1. The molecule has 0 atom stereocenters. The number of hydrogen-bond acceptors (Lipinski definition) is 4. The van der Waals surface area contributed by atoms with Gasteiger partial charge in [0.2, 0.25) is 0 Å². The molecular weight excluding hydrogens is 418 g/mol. The van der Waals surface area contributed by atoms with Crippen molar-refractivity contribution in [2.75, 3.05) is 53.2 Å². The molecule has 0 saturated heterocycles. The Labute approximate surface area is 205 Å².